The summed E-state index contributed by atoms with van der Waals surface area (Å²) in [5.74, 6) is -0.212. The summed E-state index contributed by atoms with van der Waals surface area (Å²) in [7, 11) is 0. The number of rotatable bonds is 0. The Morgan fingerprint density at radius 3 is 2.85 bits per heavy atom. The van der Waals surface area contributed by atoms with Crippen molar-refractivity contribution in [3.63, 3.8) is 0 Å². The van der Waals surface area contributed by atoms with Gasteiger partial charge in [-0.2, -0.15) is 0 Å². The standard InChI is InChI=1S/C10H13FN2/c11-7-4-5-8(12)6-2-1-3-9(13)10(6)7/h4-5,9H,1-3,12-13H2. The highest BCUT2D eigenvalue weighted by atomic mass is 19.1. The summed E-state index contributed by atoms with van der Waals surface area (Å²) in [5, 5.41) is 0. The Labute approximate surface area is 76.7 Å². The van der Waals surface area contributed by atoms with Gasteiger partial charge in [0.05, 0.1) is 0 Å². The van der Waals surface area contributed by atoms with Crippen molar-refractivity contribution in [2.45, 2.75) is 25.3 Å². The van der Waals surface area contributed by atoms with E-state index in [-0.39, 0.29) is 11.9 Å². The fraction of sp³-hybridized carbons (Fsp3) is 0.400. The summed E-state index contributed by atoms with van der Waals surface area (Å²) >= 11 is 0. The Morgan fingerprint density at radius 1 is 1.38 bits per heavy atom. The van der Waals surface area contributed by atoms with Gasteiger partial charge in [-0.3, -0.25) is 0 Å². The molecule has 1 unspecified atom stereocenters. The fourth-order valence-electron chi connectivity index (χ4n) is 1.98. The van der Waals surface area contributed by atoms with Crippen LogP contribution in [0.4, 0.5) is 10.1 Å². The third kappa shape index (κ3) is 1.29. The Bertz CT molecular complexity index is 336. The summed E-state index contributed by atoms with van der Waals surface area (Å²) in [5.41, 5.74) is 13.8. The number of nitrogen functional groups attached to an aromatic ring is 1. The second kappa shape index (κ2) is 3.00. The lowest BCUT2D eigenvalue weighted by atomic mass is 9.87. The molecule has 1 aliphatic carbocycles. The average Bonchev–Trinajstić information content (AvgIpc) is 2.12. The van der Waals surface area contributed by atoms with Gasteiger partial charge in [0.1, 0.15) is 5.82 Å². The zero-order chi connectivity index (χ0) is 9.42. The van der Waals surface area contributed by atoms with Crippen LogP contribution < -0.4 is 11.5 Å². The molecule has 0 amide bonds. The largest absolute Gasteiger partial charge is 0.398 e. The van der Waals surface area contributed by atoms with Crippen LogP contribution in [0.25, 0.3) is 0 Å². The molecule has 0 bridgehead atoms. The van der Waals surface area contributed by atoms with Crippen molar-refractivity contribution in [2.75, 3.05) is 5.73 Å². The second-order valence-corrected chi connectivity index (χ2v) is 3.53. The van der Waals surface area contributed by atoms with Crippen LogP contribution in [-0.4, -0.2) is 0 Å². The number of hydrogen-bond acceptors (Lipinski definition) is 2. The van der Waals surface area contributed by atoms with E-state index in [2.05, 4.69) is 0 Å². The van der Waals surface area contributed by atoms with Crippen molar-refractivity contribution in [3.05, 3.63) is 29.1 Å². The monoisotopic (exact) mass is 180 g/mol. The second-order valence-electron chi connectivity index (χ2n) is 3.53. The van der Waals surface area contributed by atoms with Crippen LogP contribution in [0, 0.1) is 5.82 Å². The molecule has 3 heteroatoms. The van der Waals surface area contributed by atoms with Gasteiger partial charge in [-0.1, -0.05) is 0 Å². The molecule has 13 heavy (non-hydrogen) atoms. The molecule has 0 spiro atoms. The van der Waals surface area contributed by atoms with Gasteiger partial charge < -0.3 is 11.5 Å². The molecule has 2 nitrogen and oxygen atoms in total. The zero-order valence-corrected chi connectivity index (χ0v) is 7.39. The lowest BCUT2D eigenvalue weighted by molar-refractivity contribution is 0.519. The van der Waals surface area contributed by atoms with Crippen LogP contribution in [0.15, 0.2) is 12.1 Å². The Morgan fingerprint density at radius 2 is 2.15 bits per heavy atom. The van der Waals surface area contributed by atoms with E-state index < -0.39 is 0 Å². The van der Waals surface area contributed by atoms with Gasteiger partial charge in [-0.05, 0) is 37.0 Å². The van der Waals surface area contributed by atoms with Gasteiger partial charge >= 0.3 is 0 Å². The molecule has 0 aliphatic heterocycles. The number of halogens is 1. The summed E-state index contributed by atoms with van der Waals surface area (Å²) < 4.78 is 13.4. The number of hydrogen-bond donors (Lipinski definition) is 2. The van der Waals surface area contributed by atoms with Crippen LogP contribution in [0.5, 0.6) is 0 Å². The first kappa shape index (κ1) is 8.51. The predicted molar refractivity (Wildman–Crippen MR) is 50.7 cm³/mol. The molecule has 0 fully saturated rings. The first-order valence-corrected chi connectivity index (χ1v) is 4.52. The van der Waals surface area contributed by atoms with E-state index in [0.29, 0.717) is 11.3 Å². The number of fused-ring (bicyclic) bond motifs is 1. The molecule has 1 aromatic rings. The van der Waals surface area contributed by atoms with Crippen molar-refractivity contribution in [2.24, 2.45) is 5.73 Å². The third-order valence-electron chi connectivity index (χ3n) is 2.65. The molecule has 1 atom stereocenters. The van der Waals surface area contributed by atoms with Crippen molar-refractivity contribution in [1.82, 2.24) is 0 Å². The molecule has 1 aliphatic rings. The van der Waals surface area contributed by atoms with Gasteiger partial charge in [-0.15, -0.1) is 0 Å². The quantitative estimate of drug-likeness (QED) is 0.597. The average molecular weight is 180 g/mol. The van der Waals surface area contributed by atoms with E-state index in [9.17, 15) is 4.39 Å². The third-order valence-corrected chi connectivity index (χ3v) is 2.65. The van der Waals surface area contributed by atoms with Crippen LogP contribution >= 0.6 is 0 Å². The molecule has 0 radical (unpaired) electrons. The van der Waals surface area contributed by atoms with E-state index >= 15 is 0 Å². The molecule has 2 rings (SSSR count). The van der Waals surface area contributed by atoms with Gasteiger partial charge in [0.25, 0.3) is 0 Å². The van der Waals surface area contributed by atoms with E-state index in [4.69, 9.17) is 11.5 Å². The van der Waals surface area contributed by atoms with Gasteiger partial charge in [0, 0.05) is 17.3 Å². The van der Waals surface area contributed by atoms with E-state index in [1.807, 2.05) is 0 Å². The minimum absolute atomic E-state index is 0.174. The van der Waals surface area contributed by atoms with Crippen LogP contribution in [-0.2, 0) is 6.42 Å². The normalized spacial score (nSPS) is 21.2. The molecule has 0 saturated carbocycles. The minimum Gasteiger partial charge on any atom is -0.398 e. The highest BCUT2D eigenvalue weighted by Gasteiger charge is 2.21. The molecular weight excluding hydrogens is 167 g/mol. The van der Waals surface area contributed by atoms with E-state index in [0.717, 1.165) is 24.8 Å². The first-order valence-electron chi connectivity index (χ1n) is 4.52. The lowest BCUT2D eigenvalue weighted by Crippen LogP contribution is -2.20. The fourth-order valence-corrected chi connectivity index (χ4v) is 1.98. The highest BCUT2D eigenvalue weighted by Crippen LogP contribution is 2.33. The Balaban J connectivity index is 2.60. The molecular formula is C10H13FN2. The number of benzene rings is 1. The molecule has 0 saturated heterocycles. The SMILES string of the molecule is Nc1ccc(F)c2c1CCCC2N. The molecule has 70 valence electrons. The van der Waals surface area contributed by atoms with Crippen molar-refractivity contribution >= 4 is 5.69 Å². The predicted octanol–water partition coefficient (Wildman–Crippen LogP) is 1.74. The summed E-state index contributed by atoms with van der Waals surface area (Å²) in [4.78, 5) is 0. The van der Waals surface area contributed by atoms with Gasteiger partial charge in [-0.25, -0.2) is 4.39 Å². The van der Waals surface area contributed by atoms with Crippen LogP contribution in [0.2, 0.25) is 0 Å². The molecule has 0 aromatic heterocycles. The smallest absolute Gasteiger partial charge is 0.128 e. The summed E-state index contributed by atoms with van der Waals surface area (Å²) in [6.45, 7) is 0. The van der Waals surface area contributed by atoms with Gasteiger partial charge in [0.15, 0.2) is 0 Å². The maximum atomic E-state index is 13.4. The first-order chi connectivity index (χ1) is 6.20. The number of nitrogens with two attached hydrogens (primary N) is 2. The Hall–Kier alpha value is -1.09. The van der Waals surface area contributed by atoms with Crippen molar-refractivity contribution in [1.29, 1.82) is 0 Å². The zero-order valence-electron chi connectivity index (χ0n) is 7.39. The lowest BCUT2D eigenvalue weighted by Gasteiger charge is -2.23. The van der Waals surface area contributed by atoms with E-state index in [1.165, 1.54) is 6.07 Å². The summed E-state index contributed by atoms with van der Waals surface area (Å²) in [6, 6.07) is 2.85. The minimum atomic E-state index is -0.212. The van der Waals surface area contributed by atoms with Gasteiger partial charge in [0.2, 0.25) is 0 Å². The highest BCUT2D eigenvalue weighted by molar-refractivity contribution is 5.53. The molecule has 4 N–H and O–H groups in total. The number of anilines is 1. The van der Waals surface area contributed by atoms with Crippen LogP contribution in [0.1, 0.15) is 30.0 Å². The maximum absolute atomic E-state index is 13.4. The maximum Gasteiger partial charge on any atom is 0.128 e. The Kier molecular flexibility index (Phi) is 1.96. The van der Waals surface area contributed by atoms with Crippen molar-refractivity contribution in [3.8, 4) is 0 Å². The summed E-state index contributed by atoms with van der Waals surface area (Å²) in [6.07, 6.45) is 2.71. The van der Waals surface area contributed by atoms with E-state index in [1.54, 1.807) is 6.07 Å². The molecule has 0 heterocycles. The van der Waals surface area contributed by atoms with Crippen LogP contribution in [0.3, 0.4) is 0 Å². The molecule has 1 aromatic carbocycles. The van der Waals surface area contributed by atoms with Crippen molar-refractivity contribution < 1.29 is 4.39 Å². The topological polar surface area (TPSA) is 52.0 Å².